The van der Waals surface area contributed by atoms with Gasteiger partial charge in [-0.3, -0.25) is 9.59 Å². The molecular formula is C25H27N5O4S. The number of esters is 1. The van der Waals surface area contributed by atoms with Gasteiger partial charge in [-0.25, -0.2) is 9.79 Å². The Morgan fingerprint density at radius 2 is 2.09 bits per heavy atom. The van der Waals surface area contributed by atoms with E-state index in [0.29, 0.717) is 27.4 Å². The Bertz CT molecular complexity index is 1180. The highest BCUT2D eigenvalue weighted by atomic mass is 32.1. The van der Waals surface area contributed by atoms with Crippen molar-refractivity contribution in [3.8, 4) is 6.07 Å². The summed E-state index contributed by atoms with van der Waals surface area (Å²) in [6.45, 7) is 2.32. The van der Waals surface area contributed by atoms with Crippen LogP contribution in [0.1, 0.15) is 56.2 Å². The fourth-order valence-corrected chi connectivity index (χ4v) is 5.05. The van der Waals surface area contributed by atoms with Crippen molar-refractivity contribution in [2.45, 2.75) is 38.3 Å². The average molecular weight is 494 g/mol. The van der Waals surface area contributed by atoms with Gasteiger partial charge in [-0.15, -0.1) is 11.3 Å². The number of nitriles is 1. The monoisotopic (exact) mass is 493 g/mol. The number of hydrogen-bond donors (Lipinski definition) is 1. The van der Waals surface area contributed by atoms with Gasteiger partial charge in [-0.05, 0) is 37.0 Å². The van der Waals surface area contributed by atoms with Gasteiger partial charge in [0.05, 0.1) is 35.1 Å². The van der Waals surface area contributed by atoms with Crippen molar-refractivity contribution in [3.63, 3.8) is 0 Å². The van der Waals surface area contributed by atoms with Crippen molar-refractivity contribution in [2.75, 3.05) is 26.7 Å². The van der Waals surface area contributed by atoms with Crippen LogP contribution < -0.4 is 5.32 Å². The minimum absolute atomic E-state index is 0.241. The van der Waals surface area contributed by atoms with Gasteiger partial charge in [0.1, 0.15) is 10.9 Å². The minimum Gasteiger partial charge on any atom is -0.464 e. The van der Waals surface area contributed by atoms with E-state index in [9.17, 15) is 19.6 Å². The van der Waals surface area contributed by atoms with Crippen LogP contribution in [0.25, 0.3) is 0 Å². The lowest BCUT2D eigenvalue weighted by Gasteiger charge is -2.23. The molecular weight excluding hydrogens is 466 g/mol. The zero-order valence-electron chi connectivity index (χ0n) is 19.5. The molecule has 2 saturated heterocycles. The van der Waals surface area contributed by atoms with Gasteiger partial charge in [0, 0.05) is 33.1 Å². The highest BCUT2D eigenvalue weighted by Crippen LogP contribution is 2.32. The van der Waals surface area contributed by atoms with Crippen molar-refractivity contribution < 1.29 is 19.1 Å². The maximum Gasteiger partial charge on any atom is 0.328 e. The largest absolute Gasteiger partial charge is 0.464 e. The normalized spacial score (nSPS) is 17.8. The van der Waals surface area contributed by atoms with E-state index < -0.39 is 17.9 Å². The van der Waals surface area contributed by atoms with Crippen LogP contribution in [0.3, 0.4) is 0 Å². The molecule has 10 heteroatoms. The van der Waals surface area contributed by atoms with Crippen LogP contribution in [0.2, 0.25) is 0 Å². The smallest absolute Gasteiger partial charge is 0.328 e. The SMILES string of the molecule is CN(Cc1ccccc1C#N)C(=O)c1sc(C(=O)NC2CCOC2=O)cc1/N=C/N1CCCCC1. The van der Waals surface area contributed by atoms with Crippen molar-refractivity contribution >= 4 is 41.1 Å². The third-order valence-corrected chi connectivity index (χ3v) is 7.13. The number of aliphatic imine (C=N–C) groups is 1. The maximum atomic E-state index is 13.4. The van der Waals surface area contributed by atoms with E-state index in [1.165, 1.54) is 11.3 Å². The van der Waals surface area contributed by atoms with Gasteiger partial charge in [0.25, 0.3) is 11.8 Å². The van der Waals surface area contributed by atoms with Crippen LogP contribution in [-0.2, 0) is 16.1 Å². The molecule has 2 amide bonds. The van der Waals surface area contributed by atoms with Gasteiger partial charge in [-0.2, -0.15) is 5.26 Å². The van der Waals surface area contributed by atoms with Crippen LogP contribution in [0, 0.1) is 11.3 Å². The Morgan fingerprint density at radius 1 is 1.31 bits per heavy atom. The molecule has 4 rings (SSSR count). The first-order chi connectivity index (χ1) is 17.0. The molecule has 182 valence electrons. The highest BCUT2D eigenvalue weighted by molar-refractivity contribution is 7.16. The number of nitrogens with zero attached hydrogens (tertiary/aromatic N) is 4. The number of piperidine rings is 1. The molecule has 3 heterocycles. The molecule has 2 aliphatic heterocycles. The molecule has 1 atom stereocenters. The standard InChI is InChI=1S/C25H27N5O4S/c1-29(15-18-8-4-3-7-17(18)14-26)24(32)22-20(27-16-30-10-5-2-6-11-30)13-21(35-22)23(31)28-19-9-12-34-25(19)33/h3-4,7-8,13,16,19H,2,5-6,9-12,15H2,1H3,(H,28,31)/b27-16+. The first-order valence-electron chi connectivity index (χ1n) is 11.6. The summed E-state index contributed by atoms with van der Waals surface area (Å²) in [6.07, 6.45) is 5.53. The first kappa shape index (κ1) is 24.4. The van der Waals surface area contributed by atoms with E-state index in [-0.39, 0.29) is 19.1 Å². The fraction of sp³-hybridized carbons (Fsp3) is 0.400. The zero-order chi connectivity index (χ0) is 24.8. The molecule has 0 bridgehead atoms. The number of ether oxygens (including phenoxy) is 1. The van der Waals surface area contributed by atoms with E-state index >= 15 is 0 Å². The summed E-state index contributed by atoms with van der Waals surface area (Å²) in [5, 5.41) is 12.1. The summed E-state index contributed by atoms with van der Waals surface area (Å²) in [5.74, 6) is -1.19. The van der Waals surface area contributed by atoms with Crippen LogP contribution in [0.15, 0.2) is 35.3 Å². The summed E-state index contributed by atoms with van der Waals surface area (Å²) in [6, 6.07) is 10.2. The average Bonchev–Trinajstić information content (AvgIpc) is 3.49. The van der Waals surface area contributed by atoms with E-state index in [4.69, 9.17) is 4.74 Å². The fourth-order valence-electron chi connectivity index (χ4n) is 4.04. The Kier molecular flexibility index (Phi) is 7.77. The van der Waals surface area contributed by atoms with Crippen LogP contribution >= 0.6 is 11.3 Å². The van der Waals surface area contributed by atoms with Crippen molar-refractivity contribution in [1.82, 2.24) is 15.1 Å². The van der Waals surface area contributed by atoms with Gasteiger partial charge in [0.2, 0.25) is 0 Å². The van der Waals surface area contributed by atoms with Crippen LogP contribution in [0.5, 0.6) is 0 Å². The topological polar surface area (TPSA) is 115 Å². The van der Waals surface area contributed by atoms with Crippen LogP contribution in [-0.4, -0.2) is 66.7 Å². The van der Waals surface area contributed by atoms with E-state index in [1.807, 2.05) is 12.1 Å². The second-order valence-corrected chi connectivity index (χ2v) is 9.63. The first-order valence-corrected chi connectivity index (χ1v) is 12.4. The van der Waals surface area contributed by atoms with Gasteiger partial charge in [-0.1, -0.05) is 18.2 Å². The number of carbonyl (C=O) groups excluding carboxylic acids is 3. The highest BCUT2D eigenvalue weighted by Gasteiger charge is 2.30. The van der Waals surface area contributed by atoms with E-state index in [2.05, 4.69) is 21.3 Å². The summed E-state index contributed by atoms with van der Waals surface area (Å²) in [7, 11) is 1.66. The molecule has 0 spiro atoms. The number of benzene rings is 1. The molecule has 2 aliphatic rings. The predicted molar refractivity (Wildman–Crippen MR) is 132 cm³/mol. The molecule has 2 aromatic rings. The van der Waals surface area contributed by atoms with Gasteiger partial charge in [0.15, 0.2) is 0 Å². The quantitative estimate of drug-likeness (QED) is 0.360. The second-order valence-electron chi connectivity index (χ2n) is 8.58. The van der Waals surface area contributed by atoms with Crippen molar-refractivity contribution in [3.05, 3.63) is 51.2 Å². The van der Waals surface area contributed by atoms with Crippen LogP contribution in [0.4, 0.5) is 5.69 Å². The number of likely N-dealkylation sites (tertiary alicyclic amines) is 1. The number of rotatable bonds is 7. The Labute approximate surface area is 208 Å². The molecule has 0 saturated carbocycles. The summed E-state index contributed by atoms with van der Waals surface area (Å²) in [5.41, 5.74) is 1.65. The number of nitrogens with one attached hydrogen (secondary N) is 1. The Hall–Kier alpha value is -3.71. The molecule has 1 aromatic carbocycles. The number of carbonyl (C=O) groups is 3. The molecule has 1 unspecified atom stereocenters. The van der Waals surface area contributed by atoms with Crippen molar-refractivity contribution in [1.29, 1.82) is 5.26 Å². The summed E-state index contributed by atoms with van der Waals surface area (Å²) in [4.78, 5) is 46.8. The third-order valence-electron chi connectivity index (χ3n) is 6.01. The molecule has 0 aliphatic carbocycles. The molecule has 1 aromatic heterocycles. The molecule has 1 N–H and O–H groups in total. The van der Waals surface area contributed by atoms with E-state index in [0.717, 1.165) is 42.8 Å². The number of thiophene rings is 1. The van der Waals surface area contributed by atoms with Crippen molar-refractivity contribution in [2.24, 2.45) is 4.99 Å². The van der Waals surface area contributed by atoms with E-state index in [1.54, 1.807) is 31.6 Å². The molecule has 9 nitrogen and oxygen atoms in total. The minimum atomic E-state index is -0.686. The third kappa shape index (κ3) is 5.87. The Balaban J connectivity index is 1.58. The van der Waals surface area contributed by atoms with Gasteiger partial charge >= 0.3 is 5.97 Å². The predicted octanol–water partition coefficient (Wildman–Crippen LogP) is 3.08. The molecule has 0 radical (unpaired) electrons. The summed E-state index contributed by atoms with van der Waals surface area (Å²) >= 11 is 1.04. The maximum absolute atomic E-state index is 13.4. The molecule has 2 fully saturated rings. The Morgan fingerprint density at radius 3 is 2.80 bits per heavy atom. The molecule has 35 heavy (non-hydrogen) atoms. The zero-order valence-corrected chi connectivity index (χ0v) is 20.3. The lowest BCUT2D eigenvalue weighted by atomic mass is 10.1. The number of hydrogen-bond acceptors (Lipinski definition) is 7. The lowest BCUT2D eigenvalue weighted by Crippen LogP contribution is -2.37. The summed E-state index contributed by atoms with van der Waals surface area (Å²) < 4.78 is 4.92. The number of amides is 2. The number of cyclic esters (lactones) is 1. The lowest BCUT2D eigenvalue weighted by molar-refractivity contribution is -0.139. The second kappa shape index (κ2) is 11.1. The van der Waals surface area contributed by atoms with Gasteiger partial charge < -0.3 is 19.9 Å².